The summed E-state index contributed by atoms with van der Waals surface area (Å²) >= 11 is 0. The minimum Gasteiger partial charge on any atom is -0.298 e. The molecule has 21 heavy (non-hydrogen) atoms. The van der Waals surface area contributed by atoms with Gasteiger partial charge in [0, 0.05) is 24.2 Å². The van der Waals surface area contributed by atoms with E-state index in [1.165, 1.54) is 10.2 Å². The molecular formula is C16H14N4O. The summed E-state index contributed by atoms with van der Waals surface area (Å²) in [5.74, 6) is 0.442. The lowest BCUT2D eigenvalue weighted by Gasteiger charge is -2.00. The van der Waals surface area contributed by atoms with Gasteiger partial charge in [-0.15, -0.1) is 0 Å². The normalized spacial score (nSPS) is 10.5. The van der Waals surface area contributed by atoms with Gasteiger partial charge < -0.3 is 0 Å². The van der Waals surface area contributed by atoms with E-state index in [1.54, 1.807) is 24.7 Å². The summed E-state index contributed by atoms with van der Waals surface area (Å²) < 4.78 is 1.52. The zero-order valence-electron chi connectivity index (χ0n) is 11.6. The van der Waals surface area contributed by atoms with Crippen LogP contribution < -0.4 is 0 Å². The van der Waals surface area contributed by atoms with Gasteiger partial charge in [-0.25, -0.2) is 14.6 Å². The van der Waals surface area contributed by atoms with Crippen LogP contribution in [0.2, 0.25) is 0 Å². The highest BCUT2D eigenvalue weighted by atomic mass is 16.1. The van der Waals surface area contributed by atoms with E-state index in [2.05, 4.69) is 22.0 Å². The Morgan fingerprint density at radius 3 is 2.48 bits per heavy atom. The molecule has 0 saturated carbocycles. The Balaban J connectivity index is 2.05. The first-order chi connectivity index (χ1) is 10.3. The summed E-state index contributed by atoms with van der Waals surface area (Å²) in [6.07, 6.45) is 6.70. The third kappa shape index (κ3) is 2.58. The SMILES string of the molecule is CCc1ccc(-c2nn(-c3ncccn3)cc2C=O)cc1. The second-order valence-corrected chi connectivity index (χ2v) is 4.59. The molecule has 3 rings (SSSR count). The van der Waals surface area contributed by atoms with E-state index < -0.39 is 0 Å². The Kier molecular flexibility index (Phi) is 3.55. The molecule has 5 heteroatoms. The van der Waals surface area contributed by atoms with Crippen LogP contribution in [0.15, 0.2) is 48.9 Å². The topological polar surface area (TPSA) is 60.7 Å². The van der Waals surface area contributed by atoms with Crippen LogP contribution in [-0.4, -0.2) is 26.0 Å². The molecule has 0 fully saturated rings. The fraction of sp³-hybridized carbons (Fsp3) is 0.125. The number of rotatable bonds is 4. The maximum Gasteiger partial charge on any atom is 0.250 e. The molecule has 3 aromatic rings. The molecule has 0 radical (unpaired) electrons. The molecule has 0 bridgehead atoms. The van der Waals surface area contributed by atoms with Crippen LogP contribution in [0.1, 0.15) is 22.8 Å². The first-order valence-corrected chi connectivity index (χ1v) is 6.73. The molecule has 0 aliphatic heterocycles. The van der Waals surface area contributed by atoms with Crippen molar-refractivity contribution in [3.05, 3.63) is 60.0 Å². The lowest BCUT2D eigenvalue weighted by atomic mass is 10.1. The Bertz CT molecular complexity index is 748. The van der Waals surface area contributed by atoms with Gasteiger partial charge in [0.1, 0.15) is 5.69 Å². The van der Waals surface area contributed by atoms with Gasteiger partial charge in [0.15, 0.2) is 6.29 Å². The van der Waals surface area contributed by atoms with Crippen molar-refractivity contribution in [2.45, 2.75) is 13.3 Å². The van der Waals surface area contributed by atoms with Crippen molar-refractivity contribution in [3.63, 3.8) is 0 Å². The first kappa shape index (κ1) is 13.2. The average molecular weight is 278 g/mol. The van der Waals surface area contributed by atoms with E-state index in [-0.39, 0.29) is 0 Å². The summed E-state index contributed by atoms with van der Waals surface area (Å²) in [6, 6.07) is 9.77. The summed E-state index contributed by atoms with van der Waals surface area (Å²) in [4.78, 5) is 19.5. The Morgan fingerprint density at radius 2 is 1.86 bits per heavy atom. The van der Waals surface area contributed by atoms with Gasteiger partial charge in [-0.1, -0.05) is 31.2 Å². The van der Waals surface area contributed by atoms with E-state index >= 15 is 0 Å². The summed E-state index contributed by atoms with van der Waals surface area (Å²) in [5, 5.41) is 4.44. The second-order valence-electron chi connectivity index (χ2n) is 4.59. The second kappa shape index (κ2) is 5.66. The lowest BCUT2D eigenvalue weighted by molar-refractivity contribution is 0.112. The number of carbonyl (C=O) groups is 1. The van der Waals surface area contributed by atoms with Gasteiger partial charge in [0.25, 0.3) is 0 Å². The number of carbonyl (C=O) groups excluding carboxylic acids is 1. The Morgan fingerprint density at radius 1 is 1.14 bits per heavy atom. The van der Waals surface area contributed by atoms with Crippen molar-refractivity contribution in [2.75, 3.05) is 0 Å². The molecule has 104 valence electrons. The molecule has 0 N–H and O–H groups in total. The van der Waals surface area contributed by atoms with Gasteiger partial charge in [0.2, 0.25) is 5.95 Å². The van der Waals surface area contributed by atoms with Crippen LogP contribution in [0.25, 0.3) is 17.2 Å². The maximum atomic E-state index is 11.3. The standard InChI is InChI=1S/C16H14N4O/c1-2-12-4-6-13(7-5-12)15-14(11-21)10-20(19-15)16-17-8-3-9-18-16/h3-11H,2H2,1H3. The monoisotopic (exact) mass is 278 g/mol. The average Bonchev–Trinajstić information content (AvgIpc) is 3.00. The number of nitrogens with zero attached hydrogens (tertiary/aromatic N) is 4. The van der Waals surface area contributed by atoms with Gasteiger partial charge in [-0.3, -0.25) is 4.79 Å². The van der Waals surface area contributed by atoms with E-state index in [9.17, 15) is 4.79 Å². The Hall–Kier alpha value is -2.82. The minimum absolute atomic E-state index is 0.442. The number of hydrogen-bond donors (Lipinski definition) is 0. The van der Waals surface area contributed by atoms with Crippen molar-refractivity contribution in [2.24, 2.45) is 0 Å². The van der Waals surface area contributed by atoms with Crippen molar-refractivity contribution >= 4 is 6.29 Å². The lowest BCUT2D eigenvalue weighted by Crippen LogP contribution is -2.00. The predicted octanol–water partition coefficient (Wildman–Crippen LogP) is 2.70. The third-order valence-corrected chi connectivity index (χ3v) is 3.26. The highest BCUT2D eigenvalue weighted by molar-refractivity contribution is 5.85. The zero-order valence-corrected chi connectivity index (χ0v) is 11.6. The van der Waals surface area contributed by atoms with Crippen LogP contribution in [-0.2, 0) is 6.42 Å². The van der Waals surface area contributed by atoms with Crippen LogP contribution in [0, 0.1) is 0 Å². The van der Waals surface area contributed by atoms with Gasteiger partial charge >= 0.3 is 0 Å². The molecule has 2 heterocycles. The summed E-state index contributed by atoms with van der Waals surface area (Å²) in [5.41, 5.74) is 3.31. The number of aryl methyl sites for hydroxylation is 1. The third-order valence-electron chi connectivity index (χ3n) is 3.26. The Labute approximate surface area is 122 Å². The molecule has 0 amide bonds. The molecular weight excluding hydrogens is 264 g/mol. The van der Waals surface area contributed by atoms with E-state index in [4.69, 9.17) is 0 Å². The van der Waals surface area contributed by atoms with Crippen molar-refractivity contribution in [3.8, 4) is 17.2 Å². The summed E-state index contributed by atoms with van der Waals surface area (Å²) in [6.45, 7) is 2.10. The van der Waals surface area contributed by atoms with Gasteiger partial charge in [-0.2, -0.15) is 5.10 Å². The van der Waals surface area contributed by atoms with Crippen molar-refractivity contribution in [1.82, 2.24) is 19.7 Å². The minimum atomic E-state index is 0.442. The number of benzene rings is 1. The van der Waals surface area contributed by atoms with Crippen LogP contribution in [0.3, 0.4) is 0 Å². The first-order valence-electron chi connectivity index (χ1n) is 6.73. The number of aldehydes is 1. The zero-order chi connectivity index (χ0) is 14.7. The van der Waals surface area contributed by atoms with Gasteiger partial charge in [-0.05, 0) is 18.1 Å². The predicted molar refractivity (Wildman–Crippen MR) is 79.4 cm³/mol. The van der Waals surface area contributed by atoms with Crippen LogP contribution in [0.5, 0.6) is 0 Å². The molecule has 0 unspecified atom stereocenters. The smallest absolute Gasteiger partial charge is 0.250 e. The number of aromatic nitrogens is 4. The molecule has 0 spiro atoms. The molecule has 2 aromatic heterocycles. The molecule has 0 atom stereocenters. The fourth-order valence-corrected chi connectivity index (χ4v) is 2.11. The van der Waals surface area contributed by atoms with E-state index in [0.29, 0.717) is 17.2 Å². The maximum absolute atomic E-state index is 11.3. The van der Waals surface area contributed by atoms with Crippen LogP contribution >= 0.6 is 0 Å². The highest BCUT2D eigenvalue weighted by Gasteiger charge is 2.12. The molecule has 5 nitrogen and oxygen atoms in total. The van der Waals surface area contributed by atoms with Crippen molar-refractivity contribution < 1.29 is 4.79 Å². The molecule has 0 aliphatic rings. The fourth-order valence-electron chi connectivity index (χ4n) is 2.11. The van der Waals surface area contributed by atoms with E-state index in [1.807, 2.05) is 24.3 Å². The quantitative estimate of drug-likeness (QED) is 0.688. The van der Waals surface area contributed by atoms with Gasteiger partial charge in [0.05, 0.1) is 5.56 Å². The summed E-state index contributed by atoms with van der Waals surface area (Å²) in [7, 11) is 0. The molecule has 0 saturated heterocycles. The molecule has 1 aromatic carbocycles. The molecule has 0 aliphatic carbocycles. The van der Waals surface area contributed by atoms with E-state index in [0.717, 1.165) is 18.3 Å². The largest absolute Gasteiger partial charge is 0.298 e. The van der Waals surface area contributed by atoms with Crippen molar-refractivity contribution in [1.29, 1.82) is 0 Å². The van der Waals surface area contributed by atoms with Crippen LogP contribution in [0.4, 0.5) is 0 Å². The highest BCUT2D eigenvalue weighted by Crippen LogP contribution is 2.22. The number of hydrogen-bond acceptors (Lipinski definition) is 4.